The second-order valence-electron chi connectivity index (χ2n) is 5.47. The van der Waals surface area contributed by atoms with Gasteiger partial charge in [0.05, 0.1) is 17.6 Å². The van der Waals surface area contributed by atoms with Crippen LogP contribution in [0.25, 0.3) is 11.3 Å². The van der Waals surface area contributed by atoms with E-state index in [9.17, 15) is 0 Å². The number of hydrogen-bond donors (Lipinski definition) is 1. The van der Waals surface area contributed by atoms with Crippen LogP contribution in [0.1, 0.15) is 0 Å². The number of rotatable bonds is 5. The third-order valence-corrected chi connectivity index (χ3v) is 4.59. The van der Waals surface area contributed by atoms with E-state index in [1.165, 1.54) is 11.3 Å². The highest BCUT2D eigenvalue weighted by Crippen LogP contribution is 2.29. The van der Waals surface area contributed by atoms with Gasteiger partial charge in [0, 0.05) is 10.9 Å². The van der Waals surface area contributed by atoms with E-state index in [4.69, 9.17) is 16.3 Å². The molecule has 4 aromatic rings. The number of ether oxygens (including phenoxy) is 1. The molecule has 0 saturated heterocycles. The number of halogens is 1. The number of benzene rings is 2. The lowest BCUT2D eigenvalue weighted by atomic mass is 10.2. The summed E-state index contributed by atoms with van der Waals surface area (Å²) >= 11 is 7.34. The summed E-state index contributed by atoms with van der Waals surface area (Å²) in [6.45, 7) is 0. The van der Waals surface area contributed by atoms with Crippen molar-refractivity contribution in [3.05, 3.63) is 83.5 Å². The Labute approximate surface area is 160 Å². The summed E-state index contributed by atoms with van der Waals surface area (Å²) < 4.78 is 5.82. The number of hydrogen-bond acceptors (Lipinski definition) is 5. The Hall–Kier alpha value is -2.89. The molecular formula is C20H14ClN3OS. The Bertz CT molecular complexity index is 986. The van der Waals surface area contributed by atoms with Gasteiger partial charge in [-0.25, -0.2) is 9.97 Å². The number of aromatic nitrogens is 2. The largest absolute Gasteiger partial charge is 0.457 e. The number of nitrogens with one attached hydrogen (secondary N) is 1. The first-order chi connectivity index (χ1) is 12.8. The van der Waals surface area contributed by atoms with Crippen molar-refractivity contribution in [3.63, 3.8) is 0 Å². The zero-order valence-corrected chi connectivity index (χ0v) is 15.2. The topological polar surface area (TPSA) is 47.0 Å². The van der Waals surface area contributed by atoms with Crippen LogP contribution in [0.15, 0.2) is 78.3 Å². The van der Waals surface area contributed by atoms with Crippen LogP contribution in [0.4, 0.5) is 10.8 Å². The summed E-state index contributed by atoms with van der Waals surface area (Å²) in [6.07, 6.45) is 1.68. The standard InChI is InChI=1S/C20H14ClN3OS/c21-19-11-8-15(12-22-19)23-20-24-18(13-26-20)14-6-9-17(10-7-14)25-16-4-2-1-3-5-16/h1-13H,(H,23,24). The first-order valence-corrected chi connectivity index (χ1v) is 9.19. The monoisotopic (exact) mass is 379 g/mol. The average Bonchev–Trinajstić information content (AvgIpc) is 3.14. The first-order valence-electron chi connectivity index (χ1n) is 7.94. The minimum atomic E-state index is 0.466. The molecule has 2 aromatic carbocycles. The smallest absolute Gasteiger partial charge is 0.187 e. The molecule has 0 unspecified atom stereocenters. The summed E-state index contributed by atoms with van der Waals surface area (Å²) in [5.41, 5.74) is 2.79. The van der Waals surface area contributed by atoms with Gasteiger partial charge >= 0.3 is 0 Å². The van der Waals surface area contributed by atoms with Crippen LogP contribution in [-0.2, 0) is 0 Å². The maximum Gasteiger partial charge on any atom is 0.187 e. The summed E-state index contributed by atoms with van der Waals surface area (Å²) in [7, 11) is 0. The van der Waals surface area contributed by atoms with Gasteiger partial charge in [-0.3, -0.25) is 0 Å². The van der Waals surface area contributed by atoms with E-state index in [0.29, 0.717) is 5.15 Å². The van der Waals surface area contributed by atoms with Crippen molar-refractivity contribution in [2.45, 2.75) is 0 Å². The van der Waals surface area contributed by atoms with Crippen LogP contribution < -0.4 is 10.1 Å². The van der Waals surface area contributed by atoms with Crippen LogP contribution >= 0.6 is 22.9 Å². The lowest BCUT2D eigenvalue weighted by Crippen LogP contribution is -1.90. The Morgan fingerprint density at radius 1 is 0.885 bits per heavy atom. The quantitative estimate of drug-likeness (QED) is 0.408. The van der Waals surface area contributed by atoms with E-state index in [1.54, 1.807) is 12.3 Å². The third kappa shape index (κ3) is 4.02. The first kappa shape index (κ1) is 16.6. The summed E-state index contributed by atoms with van der Waals surface area (Å²) in [5, 5.41) is 6.51. The molecule has 0 aliphatic heterocycles. The minimum Gasteiger partial charge on any atom is -0.457 e. The number of pyridine rings is 1. The highest BCUT2D eigenvalue weighted by molar-refractivity contribution is 7.14. The average molecular weight is 380 g/mol. The van der Waals surface area contributed by atoms with Crippen molar-refractivity contribution < 1.29 is 4.74 Å². The Kier molecular flexibility index (Phi) is 4.82. The zero-order valence-electron chi connectivity index (χ0n) is 13.6. The second-order valence-corrected chi connectivity index (χ2v) is 6.72. The molecule has 1 N–H and O–H groups in total. The van der Waals surface area contributed by atoms with Crippen molar-refractivity contribution in [1.29, 1.82) is 0 Å². The molecule has 6 heteroatoms. The summed E-state index contributed by atoms with van der Waals surface area (Å²) in [6, 6.07) is 21.2. The van der Waals surface area contributed by atoms with Gasteiger partial charge in [0.1, 0.15) is 16.7 Å². The van der Waals surface area contributed by atoms with Crippen molar-refractivity contribution in [2.24, 2.45) is 0 Å². The van der Waals surface area contributed by atoms with Gasteiger partial charge in [0.15, 0.2) is 5.13 Å². The van der Waals surface area contributed by atoms with Gasteiger partial charge in [0.2, 0.25) is 0 Å². The molecule has 128 valence electrons. The molecule has 0 amide bonds. The van der Waals surface area contributed by atoms with E-state index in [-0.39, 0.29) is 0 Å². The zero-order chi connectivity index (χ0) is 17.8. The predicted molar refractivity (Wildman–Crippen MR) is 107 cm³/mol. The number of anilines is 2. The normalized spacial score (nSPS) is 10.5. The number of nitrogens with zero attached hydrogens (tertiary/aromatic N) is 2. The number of para-hydroxylation sites is 1. The van der Waals surface area contributed by atoms with Crippen molar-refractivity contribution in [1.82, 2.24) is 9.97 Å². The van der Waals surface area contributed by atoms with Crippen LogP contribution in [-0.4, -0.2) is 9.97 Å². The molecule has 26 heavy (non-hydrogen) atoms. The molecule has 4 rings (SSSR count). The third-order valence-electron chi connectivity index (χ3n) is 3.61. The molecule has 4 nitrogen and oxygen atoms in total. The molecule has 0 aliphatic carbocycles. The second kappa shape index (κ2) is 7.56. The molecule has 0 bridgehead atoms. The summed E-state index contributed by atoms with van der Waals surface area (Å²) in [5.74, 6) is 1.61. The molecule has 2 heterocycles. The van der Waals surface area contributed by atoms with Crippen LogP contribution in [0, 0.1) is 0 Å². The Balaban J connectivity index is 1.46. The molecule has 0 spiro atoms. The van der Waals surface area contributed by atoms with Crippen molar-refractivity contribution in [2.75, 3.05) is 5.32 Å². The fourth-order valence-corrected chi connectivity index (χ4v) is 3.21. The fraction of sp³-hybridized carbons (Fsp3) is 0. The molecule has 0 radical (unpaired) electrons. The van der Waals surface area contributed by atoms with Gasteiger partial charge in [-0.2, -0.15) is 0 Å². The van der Waals surface area contributed by atoms with E-state index >= 15 is 0 Å². The van der Waals surface area contributed by atoms with Crippen molar-refractivity contribution in [3.8, 4) is 22.8 Å². The summed E-state index contributed by atoms with van der Waals surface area (Å²) in [4.78, 5) is 8.67. The maximum atomic E-state index is 5.82. The molecule has 0 aliphatic rings. The van der Waals surface area contributed by atoms with E-state index in [2.05, 4.69) is 15.3 Å². The molecule has 0 saturated carbocycles. The minimum absolute atomic E-state index is 0.466. The van der Waals surface area contributed by atoms with Gasteiger partial charge in [-0.05, 0) is 48.5 Å². The van der Waals surface area contributed by atoms with E-state index in [0.717, 1.165) is 33.6 Å². The SMILES string of the molecule is Clc1ccc(Nc2nc(-c3ccc(Oc4ccccc4)cc3)cs2)cn1. The lowest BCUT2D eigenvalue weighted by molar-refractivity contribution is 0.483. The molecule has 2 aromatic heterocycles. The fourth-order valence-electron chi connectivity index (χ4n) is 2.36. The predicted octanol–water partition coefficient (Wildman–Crippen LogP) is 6.39. The van der Waals surface area contributed by atoms with Crippen LogP contribution in [0.5, 0.6) is 11.5 Å². The Morgan fingerprint density at radius 3 is 2.38 bits per heavy atom. The lowest BCUT2D eigenvalue weighted by Gasteiger charge is -2.06. The van der Waals surface area contributed by atoms with E-state index in [1.807, 2.05) is 66.0 Å². The van der Waals surface area contributed by atoms with Crippen LogP contribution in [0.2, 0.25) is 5.15 Å². The Morgan fingerprint density at radius 2 is 1.65 bits per heavy atom. The number of thiazole rings is 1. The van der Waals surface area contributed by atoms with Gasteiger partial charge in [0.25, 0.3) is 0 Å². The van der Waals surface area contributed by atoms with Gasteiger partial charge < -0.3 is 10.1 Å². The van der Waals surface area contributed by atoms with Crippen molar-refractivity contribution >= 4 is 33.8 Å². The maximum absolute atomic E-state index is 5.82. The highest BCUT2D eigenvalue weighted by Gasteiger charge is 2.06. The molecule has 0 atom stereocenters. The molecular weight excluding hydrogens is 366 g/mol. The van der Waals surface area contributed by atoms with Gasteiger partial charge in [-0.1, -0.05) is 29.8 Å². The highest BCUT2D eigenvalue weighted by atomic mass is 35.5. The van der Waals surface area contributed by atoms with Gasteiger partial charge in [-0.15, -0.1) is 11.3 Å². The van der Waals surface area contributed by atoms with Crippen LogP contribution in [0.3, 0.4) is 0 Å². The molecule has 0 fully saturated rings. The van der Waals surface area contributed by atoms with E-state index < -0.39 is 0 Å².